The lowest BCUT2D eigenvalue weighted by molar-refractivity contribution is -0.202. The van der Waals surface area contributed by atoms with Crippen LogP contribution in [0.2, 0.25) is 37.8 Å². The van der Waals surface area contributed by atoms with Crippen molar-refractivity contribution in [2.45, 2.75) is 133 Å². The van der Waals surface area contributed by atoms with E-state index < -0.39 is 64.8 Å². The predicted octanol–water partition coefficient (Wildman–Crippen LogP) is 8.00. The van der Waals surface area contributed by atoms with Gasteiger partial charge in [-0.25, -0.2) is 4.79 Å². The van der Waals surface area contributed by atoms with E-state index in [-0.39, 0.29) is 5.04 Å². The highest BCUT2D eigenvalue weighted by molar-refractivity contribution is 6.83. The second-order valence-corrected chi connectivity index (χ2v) is 25.3. The quantitative estimate of drug-likeness (QED) is 0.228. The minimum absolute atomic E-state index is 0.0170. The van der Waals surface area contributed by atoms with E-state index in [4.69, 9.17) is 18.6 Å². The number of cyclic esters (lactones) is 1. The third kappa shape index (κ3) is 7.64. The van der Waals surface area contributed by atoms with Gasteiger partial charge in [-0.1, -0.05) is 113 Å². The van der Waals surface area contributed by atoms with Crippen molar-refractivity contribution in [2.24, 2.45) is 0 Å². The number of hydrogen-bond acceptors (Lipinski definition) is 6. The molecular formula is C37H53NO6Si2. The molecule has 1 aliphatic carbocycles. The van der Waals surface area contributed by atoms with Crippen molar-refractivity contribution in [1.82, 2.24) is 4.90 Å². The minimum atomic E-state index is -2.13. The van der Waals surface area contributed by atoms with Gasteiger partial charge in [-0.2, -0.15) is 0 Å². The van der Waals surface area contributed by atoms with Crippen molar-refractivity contribution in [3.63, 3.8) is 0 Å². The molecule has 2 aromatic carbocycles. The first-order valence-corrected chi connectivity index (χ1v) is 23.3. The lowest BCUT2D eigenvalue weighted by Gasteiger charge is -2.38. The smallest absolute Gasteiger partial charge is 0.412 e. The fourth-order valence-corrected chi connectivity index (χ4v) is 7.99. The van der Waals surface area contributed by atoms with Crippen LogP contribution in [-0.2, 0) is 18.6 Å². The van der Waals surface area contributed by atoms with Crippen LogP contribution >= 0.6 is 0 Å². The third-order valence-electron chi connectivity index (χ3n) is 9.96. The fourth-order valence-electron chi connectivity index (χ4n) is 6.39. The van der Waals surface area contributed by atoms with E-state index in [1.54, 1.807) is 4.90 Å². The zero-order chi connectivity index (χ0) is 33.3. The highest BCUT2D eigenvalue weighted by Gasteiger charge is 2.56. The summed E-state index contributed by atoms with van der Waals surface area (Å²) in [5.74, 6) is 2.64. The average Bonchev–Trinajstić information content (AvgIpc) is 3.53. The molecule has 250 valence electrons. The number of aliphatic hydroxyl groups excluding tert-OH is 1. The summed E-state index contributed by atoms with van der Waals surface area (Å²) in [5, 5.41) is 12.5. The summed E-state index contributed by atoms with van der Waals surface area (Å²) in [4.78, 5) is 15.7. The molecule has 46 heavy (non-hydrogen) atoms. The van der Waals surface area contributed by atoms with Gasteiger partial charge in [0.2, 0.25) is 0 Å². The molecule has 3 fully saturated rings. The van der Waals surface area contributed by atoms with Gasteiger partial charge in [-0.05, 0) is 42.1 Å². The number of ether oxygens (including phenoxy) is 3. The van der Waals surface area contributed by atoms with Crippen LogP contribution in [0.1, 0.15) is 76.1 Å². The van der Waals surface area contributed by atoms with Crippen LogP contribution in [0.25, 0.3) is 0 Å². The number of amides is 1. The monoisotopic (exact) mass is 663 g/mol. The van der Waals surface area contributed by atoms with Gasteiger partial charge in [-0.15, -0.1) is 5.54 Å². The van der Waals surface area contributed by atoms with Crippen LogP contribution in [0.15, 0.2) is 60.7 Å². The molecule has 3 aliphatic rings. The maximum atomic E-state index is 14.0. The van der Waals surface area contributed by atoms with Gasteiger partial charge in [0.1, 0.15) is 38.5 Å². The van der Waals surface area contributed by atoms with E-state index in [0.717, 1.165) is 43.2 Å². The van der Waals surface area contributed by atoms with E-state index in [0.29, 0.717) is 6.61 Å². The molecule has 0 bridgehead atoms. The molecule has 1 saturated carbocycles. The molecule has 2 aromatic rings. The standard InChI is InChI=1S/C37H53NO6Si2/c1-36(2,3)46(7,8)41-26-30-34(44-37(43-30)23-16-11-17-24-37)32(39)29(22-25-45(4,5)6)38-31(27-18-12-9-13-19-27)33(42-35(38)40)28-20-14-10-15-21-28/h9-10,12-15,18-21,29-34,39H,11,16-17,23-24,26H2,1-8H3/t29-,30+,31-,32+,33+,34-/m1/s1. The average molecular weight is 664 g/mol. The van der Waals surface area contributed by atoms with E-state index in [2.05, 4.69) is 65.0 Å². The predicted molar refractivity (Wildman–Crippen MR) is 186 cm³/mol. The van der Waals surface area contributed by atoms with Crippen LogP contribution in [0, 0.1) is 11.5 Å². The highest BCUT2D eigenvalue weighted by atomic mass is 28.4. The first-order valence-electron chi connectivity index (χ1n) is 16.9. The number of hydrogen-bond donors (Lipinski definition) is 1. The Hall–Kier alpha value is -2.46. The Bertz CT molecular complexity index is 1390. The minimum Gasteiger partial charge on any atom is -0.439 e. The maximum absolute atomic E-state index is 14.0. The van der Waals surface area contributed by atoms with Crippen LogP contribution in [-0.4, -0.2) is 69.2 Å². The van der Waals surface area contributed by atoms with Crippen molar-refractivity contribution in [2.75, 3.05) is 6.61 Å². The number of nitrogens with zero attached hydrogens (tertiary/aromatic N) is 1. The van der Waals surface area contributed by atoms with Crippen LogP contribution < -0.4 is 0 Å². The Balaban J connectivity index is 1.56. The van der Waals surface area contributed by atoms with Gasteiger partial charge in [0, 0.05) is 12.8 Å². The normalized spacial score (nSPS) is 26.4. The summed E-state index contributed by atoms with van der Waals surface area (Å²) in [6, 6.07) is 18.3. The Labute approximate surface area is 278 Å². The number of carbonyl (C=O) groups is 1. The molecule has 1 spiro atoms. The third-order valence-corrected chi connectivity index (χ3v) is 15.4. The van der Waals surface area contributed by atoms with Crippen LogP contribution in [0.4, 0.5) is 4.79 Å². The molecule has 0 radical (unpaired) electrons. The molecule has 7 nitrogen and oxygen atoms in total. The summed E-state index contributed by atoms with van der Waals surface area (Å²) < 4.78 is 26.4. The van der Waals surface area contributed by atoms with Crippen molar-refractivity contribution >= 4 is 22.5 Å². The molecule has 0 aromatic heterocycles. The molecular weight excluding hydrogens is 611 g/mol. The molecule has 1 amide bonds. The second kappa shape index (κ2) is 13.6. The molecule has 1 N–H and O–H groups in total. The molecule has 2 saturated heterocycles. The fraction of sp³-hybridized carbons (Fsp3) is 0.595. The molecule has 2 aliphatic heterocycles. The zero-order valence-electron chi connectivity index (χ0n) is 28.9. The number of rotatable bonds is 8. The van der Waals surface area contributed by atoms with Gasteiger partial charge >= 0.3 is 6.09 Å². The van der Waals surface area contributed by atoms with Gasteiger partial charge in [-0.3, -0.25) is 4.90 Å². The van der Waals surface area contributed by atoms with Crippen LogP contribution in [0.5, 0.6) is 0 Å². The molecule has 9 heteroatoms. The van der Waals surface area contributed by atoms with E-state index in [1.807, 2.05) is 60.7 Å². The second-order valence-electron chi connectivity index (χ2n) is 15.7. The number of aliphatic hydroxyl groups is 1. The van der Waals surface area contributed by atoms with Crippen molar-refractivity contribution < 1.29 is 28.5 Å². The Morgan fingerprint density at radius 3 is 2.09 bits per heavy atom. The highest BCUT2D eigenvalue weighted by Crippen LogP contribution is 2.47. The van der Waals surface area contributed by atoms with Gasteiger partial charge in [0.05, 0.1) is 6.61 Å². The summed E-state index contributed by atoms with van der Waals surface area (Å²) in [5.41, 5.74) is 5.28. The van der Waals surface area contributed by atoms with E-state index in [1.165, 1.54) is 0 Å². The molecule has 5 rings (SSSR count). The first-order chi connectivity index (χ1) is 21.6. The molecule has 2 heterocycles. The summed E-state index contributed by atoms with van der Waals surface area (Å²) in [6.07, 6.45) is 1.22. The van der Waals surface area contributed by atoms with Crippen molar-refractivity contribution in [1.29, 1.82) is 0 Å². The molecule has 0 unspecified atom stereocenters. The Kier molecular flexibility index (Phi) is 10.3. The Morgan fingerprint density at radius 2 is 1.52 bits per heavy atom. The summed E-state index contributed by atoms with van der Waals surface area (Å²) >= 11 is 0. The zero-order valence-corrected chi connectivity index (χ0v) is 30.9. The van der Waals surface area contributed by atoms with Crippen LogP contribution in [0.3, 0.4) is 0 Å². The lowest BCUT2D eigenvalue weighted by atomic mass is 9.92. The largest absolute Gasteiger partial charge is 0.439 e. The number of carbonyl (C=O) groups excluding carboxylic acids is 1. The van der Waals surface area contributed by atoms with Gasteiger partial charge in [0.25, 0.3) is 0 Å². The first kappa shape index (κ1) is 34.9. The van der Waals surface area contributed by atoms with Gasteiger partial charge < -0.3 is 23.7 Å². The van der Waals surface area contributed by atoms with Gasteiger partial charge in [0.15, 0.2) is 20.2 Å². The van der Waals surface area contributed by atoms with E-state index in [9.17, 15) is 9.90 Å². The maximum Gasteiger partial charge on any atom is 0.412 e. The van der Waals surface area contributed by atoms with E-state index >= 15 is 0 Å². The van der Waals surface area contributed by atoms with Crippen molar-refractivity contribution in [3.05, 3.63) is 71.8 Å². The SMILES string of the molecule is CC(C)(C)[Si](C)(C)OC[C@@H]1OC2(CCCCC2)O[C@H]1[C@@H](O)[C@@H](C#C[Si](C)(C)C)N1C(=O)O[C@@H](c2ccccc2)[C@H]1c1ccccc1. The number of benzene rings is 2. The molecule has 6 atom stereocenters. The summed E-state index contributed by atoms with van der Waals surface area (Å²) in [6.45, 7) is 17.9. The van der Waals surface area contributed by atoms with Crippen molar-refractivity contribution in [3.8, 4) is 11.5 Å². The lowest BCUT2D eigenvalue weighted by Crippen LogP contribution is -2.53. The topological polar surface area (TPSA) is 77.5 Å². The Morgan fingerprint density at radius 1 is 0.935 bits per heavy atom. The summed E-state index contributed by atoms with van der Waals surface area (Å²) in [7, 11) is -4.05.